The Labute approximate surface area is 213 Å². The van der Waals surface area contributed by atoms with Crippen molar-refractivity contribution in [2.45, 2.75) is 64.0 Å². The zero-order chi connectivity index (χ0) is 25.3. The lowest BCUT2D eigenvalue weighted by atomic mass is 9.84. The fraction of sp³-hybridized carbons (Fsp3) is 0.600. The maximum atomic E-state index is 13.1. The number of amides is 1. The Balaban J connectivity index is 1.06. The van der Waals surface area contributed by atoms with Gasteiger partial charge in [-0.25, -0.2) is 18.4 Å². The van der Waals surface area contributed by atoms with Crippen molar-refractivity contribution < 1.29 is 18.3 Å². The van der Waals surface area contributed by atoms with Gasteiger partial charge in [0.15, 0.2) is 6.61 Å². The summed E-state index contributed by atoms with van der Waals surface area (Å²) in [7, 11) is 1.80. The second-order valence-corrected chi connectivity index (χ2v) is 11.1. The molecule has 1 fully saturated rings. The molecule has 11 heteroatoms. The van der Waals surface area contributed by atoms with Gasteiger partial charge in [0, 0.05) is 38.0 Å². The molecule has 0 unspecified atom stereocenters. The number of ether oxygens (including phenoxy) is 1. The van der Waals surface area contributed by atoms with Crippen LogP contribution in [0.25, 0.3) is 11.0 Å². The minimum atomic E-state index is -2.86. The van der Waals surface area contributed by atoms with Gasteiger partial charge in [-0.3, -0.25) is 9.69 Å². The number of para-hydroxylation sites is 1. The van der Waals surface area contributed by atoms with Crippen LogP contribution in [0.5, 0.6) is 5.19 Å². The predicted molar refractivity (Wildman–Crippen MR) is 134 cm³/mol. The Hall–Kier alpha value is -2.66. The predicted octanol–water partition coefficient (Wildman–Crippen LogP) is 4.20. The van der Waals surface area contributed by atoms with Gasteiger partial charge in [-0.2, -0.15) is 0 Å². The first-order valence-corrected chi connectivity index (χ1v) is 13.4. The Morgan fingerprint density at radius 2 is 2.08 bits per heavy atom. The number of benzene rings is 1. The number of alkyl halides is 2. The SMILES string of the molecule is Cn1nnc2cccc(C(=O)N[C@H]3CC[C@H](CCN4CCc5sc(OCC(C)(F)F)nc5C4)CC3)c21. The fourth-order valence-corrected chi connectivity index (χ4v) is 6.10. The molecule has 2 aromatic heterocycles. The largest absolute Gasteiger partial charge is 0.464 e. The van der Waals surface area contributed by atoms with E-state index in [1.54, 1.807) is 11.7 Å². The highest BCUT2D eigenvalue weighted by Crippen LogP contribution is 2.32. The van der Waals surface area contributed by atoms with Crippen LogP contribution in [0.3, 0.4) is 0 Å². The molecular formula is C25H32F2N6O2S. The number of hydrogen-bond acceptors (Lipinski definition) is 7. The van der Waals surface area contributed by atoms with E-state index < -0.39 is 12.5 Å². The van der Waals surface area contributed by atoms with Crippen LogP contribution in [0.4, 0.5) is 8.78 Å². The number of halogens is 2. The topological polar surface area (TPSA) is 85.2 Å². The standard InChI is InChI=1S/C25H32F2N6O2S/c1-25(26,27)15-35-24-29-20-14-33(13-11-21(20)36-24)12-10-16-6-8-17(9-7-16)28-23(34)18-4-3-5-19-22(18)32(2)31-30-19/h3-5,16-17H,6-15H2,1-2H3,(H,28,34)/t16-,17-. The molecule has 0 radical (unpaired) electrons. The highest BCUT2D eigenvalue weighted by atomic mass is 32.1. The van der Waals surface area contributed by atoms with Crippen LogP contribution >= 0.6 is 11.3 Å². The van der Waals surface area contributed by atoms with E-state index in [0.29, 0.717) is 16.7 Å². The van der Waals surface area contributed by atoms with Crippen LogP contribution in [0.1, 0.15) is 60.0 Å². The lowest BCUT2D eigenvalue weighted by Gasteiger charge is -2.32. The number of thiazole rings is 1. The first kappa shape index (κ1) is 25.0. The first-order chi connectivity index (χ1) is 17.2. The number of hydrogen-bond donors (Lipinski definition) is 1. The number of nitrogens with zero attached hydrogens (tertiary/aromatic N) is 5. The summed E-state index contributed by atoms with van der Waals surface area (Å²) in [6.45, 7) is 2.92. The molecule has 1 N–H and O–H groups in total. The molecule has 2 aliphatic rings. The number of aryl methyl sites for hydroxylation is 1. The maximum Gasteiger partial charge on any atom is 0.278 e. The molecule has 0 atom stereocenters. The van der Waals surface area contributed by atoms with Gasteiger partial charge >= 0.3 is 0 Å². The molecular weight excluding hydrogens is 486 g/mol. The Kier molecular flexibility index (Phi) is 7.21. The summed E-state index contributed by atoms with van der Waals surface area (Å²) in [6.07, 6.45) is 6.16. The fourth-order valence-electron chi connectivity index (χ4n) is 5.19. The minimum Gasteiger partial charge on any atom is -0.464 e. The van der Waals surface area contributed by atoms with Crippen LogP contribution in [0.15, 0.2) is 18.2 Å². The van der Waals surface area contributed by atoms with E-state index in [4.69, 9.17) is 4.74 Å². The summed E-state index contributed by atoms with van der Waals surface area (Å²) in [4.78, 5) is 20.9. The monoisotopic (exact) mass is 518 g/mol. The molecule has 3 heterocycles. The van der Waals surface area contributed by atoms with Crippen LogP contribution in [0.2, 0.25) is 0 Å². The van der Waals surface area contributed by atoms with Gasteiger partial charge in [-0.1, -0.05) is 22.6 Å². The molecule has 1 aliphatic carbocycles. The van der Waals surface area contributed by atoms with Gasteiger partial charge in [-0.15, -0.1) is 5.10 Å². The summed E-state index contributed by atoms with van der Waals surface area (Å²) < 4.78 is 33.0. The van der Waals surface area contributed by atoms with E-state index in [1.165, 1.54) is 11.3 Å². The highest BCUT2D eigenvalue weighted by Gasteiger charge is 2.27. The van der Waals surface area contributed by atoms with E-state index in [9.17, 15) is 13.6 Å². The first-order valence-electron chi connectivity index (χ1n) is 12.6. The van der Waals surface area contributed by atoms with Gasteiger partial charge in [0.1, 0.15) is 11.0 Å². The number of aromatic nitrogens is 4. The molecule has 5 rings (SSSR count). The summed E-state index contributed by atoms with van der Waals surface area (Å²) >= 11 is 1.39. The molecule has 36 heavy (non-hydrogen) atoms. The average Bonchev–Trinajstić information content (AvgIpc) is 3.44. The number of nitrogens with one attached hydrogen (secondary N) is 1. The van der Waals surface area contributed by atoms with Crippen molar-refractivity contribution in [1.82, 2.24) is 30.2 Å². The zero-order valence-electron chi connectivity index (χ0n) is 20.7. The second kappa shape index (κ2) is 10.4. The van der Waals surface area contributed by atoms with E-state index in [0.717, 1.165) is 86.7 Å². The van der Waals surface area contributed by atoms with Gasteiger partial charge in [0.2, 0.25) is 0 Å². The molecule has 1 saturated carbocycles. The lowest BCUT2D eigenvalue weighted by molar-refractivity contribution is -0.0230. The molecule has 0 bridgehead atoms. The third-order valence-electron chi connectivity index (χ3n) is 7.14. The van der Waals surface area contributed by atoms with Crippen molar-refractivity contribution in [2.24, 2.45) is 13.0 Å². The van der Waals surface area contributed by atoms with Crippen molar-refractivity contribution in [2.75, 3.05) is 19.7 Å². The normalized spacial score (nSPS) is 20.9. The lowest BCUT2D eigenvalue weighted by Crippen LogP contribution is -2.38. The third kappa shape index (κ3) is 5.83. The summed E-state index contributed by atoms with van der Waals surface area (Å²) in [5.74, 6) is -2.27. The second-order valence-electron chi connectivity index (χ2n) is 10.1. The summed E-state index contributed by atoms with van der Waals surface area (Å²) in [5.41, 5.74) is 3.06. The molecule has 0 saturated heterocycles. The van der Waals surface area contributed by atoms with Crippen molar-refractivity contribution in [3.63, 3.8) is 0 Å². The van der Waals surface area contributed by atoms with Gasteiger partial charge in [-0.05, 0) is 63.1 Å². The molecule has 1 aromatic carbocycles. The van der Waals surface area contributed by atoms with Crippen molar-refractivity contribution in [1.29, 1.82) is 0 Å². The van der Waals surface area contributed by atoms with E-state index in [-0.39, 0.29) is 11.9 Å². The quantitative estimate of drug-likeness (QED) is 0.481. The van der Waals surface area contributed by atoms with E-state index in [2.05, 4.69) is 25.5 Å². The van der Waals surface area contributed by atoms with Crippen molar-refractivity contribution >= 4 is 28.3 Å². The molecule has 0 spiro atoms. The third-order valence-corrected chi connectivity index (χ3v) is 8.21. The molecule has 3 aromatic rings. The minimum absolute atomic E-state index is 0.0622. The molecule has 1 amide bonds. The molecule has 8 nitrogen and oxygen atoms in total. The Morgan fingerprint density at radius 1 is 1.28 bits per heavy atom. The number of carbonyl (C=O) groups excluding carboxylic acids is 1. The molecule has 1 aliphatic heterocycles. The smallest absolute Gasteiger partial charge is 0.278 e. The average molecular weight is 519 g/mol. The van der Waals surface area contributed by atoms with Gasteiger partial charge < -0.3 is 10.1 Å². The Morgan fingerprint density at radius 3 is 2.86 bits per heavy atom. The number of carbonyl (C=O) groups is 1. The number of fused-ring (bicyclic) bond motifs is 2. The Bertz CT molecular complexity index is 1220. The van der Waals surface area contributed by atoms with Crippen LogP contribution in [-0.4, -0.2) is 62.4 Å². The van der Waals surface area contributed by atoms with Gasteiger partial charge in [0.05, 0.1) is 11.3 Å². The van der Waals surface area contributed by atoms with Crippen molar-refractivity contribution in [3.8, 4) is 5.19 Å². The van der Waals surface area contributed by atoms with E-state index >= 15 is 0 Å². The maximum absolute atomic E-state index is 13.1. The van der Waals surface area contributed by atoms with Crippen LogP contribution in [-0.2, 0) is 20.0 Å². The van der Waals surface area contributed by atoms with Crippen molar-refractivity contribution in [3.05, 3.63) is 34.3 Å². The highest BCUT2D eigenvalue weighted by molar-refractivity contribution is 7.13. The van der Waals surface area contributed by atoms with E-state index in [1.807, 2.05) is 18.2 Å². The van der Waals surface area contributed by atoms with Gasteiger partial charge in [0.25, 0.3) is 17.0 Å². The zero-order valence-corrected chi connectivity index (χ0v) is 21.5. The number of rotatable bonds is 8. The van der Waals surface area contributed by atoms with Crippen LogP contribution < -0.4 is 10.1 Å². The molecule has 194 valence electrons. The summed E-state index contributed by atoms with van der Waals surface area (Å²) in [6, 6.07) is 5.72. The van der Waals surface area contributed by atoms with Crippen LogP contribution in [0, 0.1) is 5.92 Å². The summed E-state index contributed by atoms with van der Waals surface area (Å²) in [5, 5.41) is 11.7.